The van der Waals surface area contributed by atoms with E-state index in [4.69, 9.17) is 37.0 Å². The summed E-state index contributed by atoms with van der Waals surface area (Å²) < 4.78 is 68.1. The highest BCUT2D eigenvalue weighted by Crippen LogP contribution is 2.45. The maximum Gasteiger partial charge on any atom is 0.472 e. The van der Waals surface area contributed by atoms with Gasteiger partial charge in [-0.05, 0) is 37.5 Å². The Morgan fingerprint density at radius 2 is 0.586 bits per heavy atom. The van der Waals surface area contributed by atoms with E-state index < -0.39 is 97.5 Å². The van der Waals surface area contributed by atoms with Crippen LogP contribution in [0.2, 0.25) is 0 Å². The van der Waals surface area contributed by atoms with Gasteiger partial charge in [0.05, 0.1) is 26.4 Å². The molecule has 0 saturated heterocycles. The van der Waals surface area contributed by atoms with E-state index >= 15 is 0 Å². The van der Waals surface area contributed by atoms with Crippen molar-refractivity contribution < 1.29 is 80.2 Å². The zero-order valence-corrected chi connectivity index (χ0v) is 58.1. The molecule has 0 heterocycles. The lowest BCUT2D eigenvalue weighted by atomic mass is 10.00. The largest absolute Gasteiger partial charge is 0.472 e. The van der Waals surface area contributed by atoms with Crippen LogP contribution in [0, 0.1) is 11.8 Å². The Bertz CT molecular complexity index is 1700. The minimum atomic E-state index is -4.95. The first-order valence-corrected chi connectivity index (χ1v) is 38.5. The number of rotatable bonds is 67. The lowest BCUT2D eigenvalue weighted by molar-refractivity contribution is -0.161. The van der Waals surface area contributed by atoms with Gasteiger partial charge in [0.25, 0.3) is 0 Å². The molecule has 19 heteroatoms. The predicted octanol–water partition coefficient (Wildman–Crippen LogP) is 19.2. The maximum atomic E-state index is 13.0. The van der Waals surface area contributed by atoms with Gasteiger partial charge >= 0.3 is 39.5 Å². The van der Waals surface area contributed by atoms with E-state index in [0.717, 1.165) is 108 Å². The number of esters is 4. The van der Waals surface area contributed by atoms with Gasteiger partial charge < -0.3 is 33.8 Å². The number of phosphoric acid groups is 2. The standard InChI is InChI=1S/C68H132O17P2/c1-7-10-12-14-16-18-19-25-28-32-39-45-51-66(71)79-56-63(84-67(72)52-46-40-33-29-26-23-21-20-22-24-27-30-36-42-48-60(4)5)58-82-86(74,75)80-54-62(69)55-81-87(76,77)83-59-64(57-78-65(70)50-44-38-31-17-15-13-11-8-2)85-68(73)53-47-41-35-34-37-43-49-61(6)9-3/h60-64,69H,7-59H2,1-6H3,(H,74,75)(H,76,77)/t61?,62-,63-,64-/m1/s1. The van der Waals surface area contributed by atoms with Gasteiger partial charge in [-0.15, -0.1) is 0 Å². The second-order valence-electron chi connectivity index (χ2n) is 25.3. The molecule has 0 aromatic carbocycles. The second kappa shape index (κ2) is 60.3. The summed E-state index contributed by atoms with van der Waals surface area (Å²) in [6.07, 6.45) is 44.5. The number of carbonyl (C=O) groups excluding carboxylic acids is 4. The van der Waals surface area contributed by atoms with E-state index in [1.165, 1.54) is 154 Å². The first kappa shape index (κ1) is 85.1. The molecule has 0 aliphatic carbocycles. The van der Waals surface area contributed by atoms with E-state index in [2.05, 4.69) is 41.5 Å². The Labute approximate surface area is 530 Å². The minimum Gasteiger partial charge on any atom is -0.462 e. The van der Waals surface area contributed by atoms with Crippen LogP contribution >= 0.6 is 15.6 Å². The van der Waals surface area contributed by atoms with Crippen molar-refractivity contribution in [2.24, 2.45) is 11.8 Å². The van der Waals surface area contributed by atoms with Crippen LogP contribution in [0.3, 0.4) is 0 Å². The fraction of sp³-hybridized carbons (Fsp3) is 0.941. The first-order chi connectivity index (χ1) is 41.9. The summed E-state index contributed by atoms with van der Waals surface area (Å²) in [5.41, 5.74) is 0. The first-order valence-electron chi connectivity index (χ1n) is 35.5. The maximum absolute atomic E-state index is 13.0. The Morgan fingerprint density at radius 3 is 0.874 bits per heavy atom. The Kier molecular flexibility index (Phi) is 59.0. The number of hydrogen-bond acceptors (Lipinski definition) is 15. The SMILES string of the molecule is CCCCCCCCCCCCCCC(=O)OC[C@H](COP(=O)(O)OC[C@@H](O)COP(=O)(O)OC[C@@H](COC(=O)CCCCCCCCCC)OC(=O)CCCCCCCCC(C)CC)OC(=O)CCCCCCCCCCCCCCCCC(C)C. The van der Waals surface area contributed by atoms with E-state index in [9.17, 15) is 43.2 Å². The van der Waals surface area contributed by atoms with Gasteiger partial charge in [-0.25, -0.2) is 9.13 Å². The molecule has 0 aliphatic heterocycles. The van der Waals surface area contributed by atoms with Crippen LogP contribution in [-0.4, -0.2) is 96.7 Å². The van der Waals surface area contributed by atoms with E-state index in [1.807, 2.05) is 0 Å². The van der Waals surface area contributed by atoms with Gasteiger partial charge in [0.2, 0.25) is 0 Å². The molecule has 0 radical (unpaired) electrons. The van der Waals surface area contributed by atoms with E-state index in [0.29, 0.717) is 25.7 Å². The topological polar surface area (TPSA) is 237 Å². The number of unbranched alkanes of at least 4 members (excludes halogenated alkanes) is 36. The van der Waals surface area contributed by atoms with Crippen molar-refractivity contribution in [1.82, 2.24) is 0 Å². The molecule has 3 unspecified atom stereocenters. The highest BCUT2D eigenvalue weighted by atomic mass is 31.2. The summed E-state index contributed by atoms with van der Waals surface area (Å²) in [4.78, 5) is 72.3. The smallest absolute Gasteiger partial charge is 0.462 e. The zero-order valence-electron chi connectivity index (χ0n) is 56.3. The molecule has 0 bridgehead atoms. The molecule has 0 aliphatic rings. The van der Waals surface area contributed by atoms with Gasteiger partial charge in [-0.2, -0.15) is 0 Å². The molecule has 0 fully saturated rings. The van der Waals surface area contributed by atoms with Gasteiger partial charge in [0.1, 0.15) is 19.3 Å². The fourth-order valence-electron chi connectivity index (χ4n) is 10.2. The number of aliphatic hydroxyl groups is 1. The molecule has 6 atom stereocenters. The van der Waals surface area contributed by atoms with Crippen molar-refractivity contribution in [2.45, 2.75) is 362 Å². The number of aliphatic hydroxyl groups excluding tert-OH is 1. The summed E-state index contributed by atoms with van der Waals surface area (Å²) in [5.74, 6) is -0.616. The molecule has 0 aromatic heterocycles. The molecule has 0 rings (SSSR count). The third-order valence-electron chi connectivity index (χ3n) is 16.1. The number of hydrogen-bond donors (Lipinski definition) is 3. The lowest BCUT2D eigenvalue weighted by Gasteiger charge is -2.21. The molecular formula is C68H132O17P2. The monoisotopic (exact) mass is 1280 g/mol. The molecule has 0 saturated carbocycles. The van der Waals surface area contributed by atoms with Crippen LogP contribution in [0.4, 0.5) is 0 Å². The van der Waals surface area contributed by atoms with Gasteiger partial charge in [-0.1, -0.05) is 292 Å². The lowest BCUT2D eigenvalue weighted by Crippen LogP contribution is -2.30. The number of phosphoric ester groups is 2. The Hall–Kier alpha value is -1.94. The van der Waals surface area contributed by atoms with Crippen molar-refractivity contribution in [3.8, 4) is 0 Å². The van der Waals surface area contributed by atoms with Gasteiger partial charge in [0.15, 0.2) is 12.2 Å². The molecule has 3 N–H and O–H groups in total. The van der Waals surface area contributed by atoms with Crippen LogP contribution in [0.5, 0.6) is 0 Å². The highest BCUT2D eigenvalue weighted by molar-refractivity contribution is 7.47. The second-order valence-corrected chi connectivity index (χ2v) is 28.2. The zero-order chi connectivity index (χ0) is 64.3. The Morgan fingerprint density at radius 1 is 0.333 bits per heavy atom. The average Bonchev–Trinajstić information content (AvgIpc) is 3.71. The molecular weight excluding hydrogens is 1150 g/mol. The molecule has 87 heavy (non-hydrogen) atoms. The van der Waals surface area contributed by atoms with Crippen molar-refractivity contribution in [3.05, 3.63) is 0 Å². The van der Waals surface area contributed by atoms with Gasteiger partial charge in [-0.3, -0.25) is 37.3 Å². The average molecular weight is 1280 g/mol. The van der Waals surface area contributed by atoms with E-state index in [1.54, 1.807) is 0 Å². The van der Waals surface area contributed by atoms with Crippen molar-refractivity contribution in [3.63, 3.8) is 0 Å². The van der Waals surface area contributed by atoms with Crippen LogP contribution in [-0.2, 0) is 65.4 Å². The molecule has 0 amide bonds. The van der Waals surface area contributed by atoms with Crippen LogP contribution in [0.25, 0.3) is 0 Å². The summed E-state index contributed by atoms with van der Waals surface area (Å²) in [6, 6.07) is 0. The molecule has 516 valence electrons. The summed E-state index contributed by atoms with van der Waals surface area (Å²) in [6.45, 7) is 9.48. The normalized spacial score (nSPS) is 14.5. The molecule has 0 aromatic rings. The van der Waals surface area contributed by atoms with Crippen LogP contribution < -0.4 is 0 Å². The van der Waals surface area contributed by atoms with E-state index in [-0.39, 0.29) is 25.7 Å². The van der Waals surface area contributed by atoms with Crippen molar-refractivity contribution in [1.29, 1.82) is 0 Å². The van der Waals surface area contributed by atoms with Gasteiger partial charge in [0, 0.05) is 25.7 Å². The van der Waals surface area contributed by atoms with Crippen LogP contribution in [0.15, 0.2) is 0 Å². The van der Waals surface area contributed by atoms with Crippen molar-refractivity contribution >= 4 is 39.5 Å². The summed E-state index contributed by atoms with van der Waals surface area (Å²) in [5, 5.41) is 10.6. The Balaban J connectivity index is 5.21. The third kappa shape index (κ3) is 61.3. The predicted molar refractivity (Wildman–Crippen MR) is 349 cm³/mol. The number of carbonyl (C=O) groups is 4. The molecule has 0 spiro atoms. The van der Waals surface area contributed by atoms with Crippen molar-refractivity contribution in [2.75, 3.05) is 39.6 Å². The minimum absolute atomic E-state index is 0.103. The fourth-order valence-corrected chi connectivity index (χ4v) is 11.8. The number of ether oxygens (including phenoxy) is 4. The quantitative estimate of drug-likeness (QED) is 0.0222. The molecule has 17 nitrogen and oxygen atoms in total. The highest BCUT2D eigenvalue weighted by Gasteiger charge is 2.30. The summed E-state index contributed by atoms with van der Waals surface area (Å²) >= 11 is 0. The van der Waals surface area contributed by atoms with Crippen LogP contribution in [0.1, 0.15) is 343 Å². The summed E-state index contributed by atoms with van der Waals surface area (Å²) in [7, 11) is -9.89. The third-order valence-corrected chi connectivity index (χ3v) is 18.0.